The molecule has 11 aromatic rings. The molecular formula is C52H34N2S3. The van der Waals surface area contributed by atoms with E-state index in [-0.39, 0.29) is 0 Å². The van der Waals surface area contributed by atoms with Crippen LogP contribution in [0.4, 0.5) is 32.8 Å². The zero-order valence-electron chi connectivity index (χ0n) is 30.7. The van der Waals surface area contributed by atoms with Gasteiger partial charge in [-0.15, -0.1) is 34.0 Å². The first-order valence-corrected chi connectivity index (χ1v) is 21.5. The summed E-state index contributed by atoms with van der Waals surface area (Å²) in [4.78, 5) is 9.97. The standard InChI is InChI=1S/C52H34N2S3/c1-5-21-39-35(13-1)17-9-25-43(39)53(44-26-10-18-36-14-2-6-22-40(36)44)51-33-31-49(56-51)47-29-30-48(55-47)50-32-34-52(57-50)54(45-27-11-19-37-15-3-7-23-41(37)45)46-28-12-20-38-16-4-8-24-42(38)46/h1-34H. The van der Waals surface area contributed by atoms with Gasteiger partial charge in [-0.25, -0.2) is 0 Å². The molecule has 11 rings (SSSR count). The number of fused-ring (bicyclic) bond motifs is 4. The van der Waals surface area contributed by atoms with Crippen molar-refractivity contribution in [2.24, 2.45) is 0 Å². The second-order valence-electron chi connectivity index (χ2n) is 14.1. The minimum absolute atomic E-state index is 1.18. The van der Waals surface area contributed by atoms with Gasteiger partial charge in [-0.3, -0.25) is 0 Å². The number of anilines is 6. The fraction of sp³-hybridized carbons (Fsp3) is 0. The van der Waals surface area contributed by atoms with Gasteiger partial charge in [0.2, 0.25) is 0 Å². The van der Waals surface area contributed by atoms with Gasteiger partial charge in [0.15, 0.2) is 0 Å². The molecule has 3 heterocycles. The summed E-state index contributed by atoms with van der Waals surface area (Å²) in [5.74, 6) is 0. The van der Waals surface area contributed by atoms with Crippen LogP contribution in [0.5, 0.6) is 0 Å². The van der Waals surface area contributed by atoms with Gasteiger partial charge in [-0.05, 0) is 82.2 Å². The first-order valence-electron chi connectivity index (χ1n) is 19.1. The lowest BCUT2D eigenvalue weighted by molar-refractivity contribution is 1.35. The lowest BCUT2D eigenvalue weighted by Gasteiger charge is -2.26. The van der Waals surface area contributed by atoms with Gasteiger partial charge in [-0.1, -0.05) is 146 Å². The highest BCUT2D eigenvalue weighted by Gasteiger charge is 2.22. The van der Waals surface area contributed by atoms with E-state index in [1.165, 1.54) is 95.4 Å². The van der Waals surface area contributed by atoms with E-state index < -0.39 is 0 Å². The van der Waals surface area contributed by atoms with E-state index in [9.17, 15) is 0 Å². The zero-order valence-corrected chi connectivity index (χ0v) is 33.2. The minimum Gasteiger partial charge on any atom is -0.301 e. The van der Waals surface area contributed by atoms with Crippen molar-refractivity contribution in [3.8, 4) is 19.5 Å². The third kappa shape index (κ3) is 5.99. The van der Waals surface area contributed by atoms with Crippen molar-refractivity contribution in [3.63, 3.8) is 0 Å². The Morgan fingerprint density at radius 3 is 0.825 bits per heavy atom. The third-order valence-corrected chi connectivity index (χ3v) is 14.4. The molecule has 0 saturated carbocycles. The van der Waals surface area contributed by atoms with Crippen LogP contribution in [0.3, 0.4) is 0 Å². The molecule has 0 fully saturated rings. The lowest BCUT2D eigenvalue weighted by Crippen LogP contribution is -2.09. The summed E-state index contributed by atoms with van der Waals surface area (Å²) < 4.78 is 0. The number of nitrogens with zero attached hydrogens (tertiary/aromatic N) is 2. The average Bonchev–Trinajstić information content (AvgIpc) is 4.07. The molecule has 3 aromatic heterocycles. The predicted octanol–water partition coefficient (Wildman–Crippen LogP) is 16.8. The number of rotatable bonds is 8. The maximum atomic E-state index is 2.45. The zero-order chi connectivity index (χ0) is 37.7. The molecule has 0 bridgehead atoms. The van der Waals surface area contributed by atoms with Crippen molar-refractivity contribution in [1.82, 2.24) is 0 Å². The molecule has 2 nitrogen and oxygen atoms in total. The van der Waals surface area contributed by atoms with Crippen LogP contribution in [0.15, 0.2) is 206 Å². The Morgan fingerprint density at radius 2 is 0.491 bits per heavy atom. The van der Waals surface area contributed by atoms with Crippen LogP contribution >= 0.6 is 34.0 Å². The topological polar surface area (TPSA) is 6.48 Å². The number of benzene rings is 8. The smallest absolute Gasteiger partial charge is 0.101 e. The summed E-state index contributed by atoms with van der Waals surface area (Å²) in [6.07, 6.45) is 0. The van der Waals surface area contributed by atoms with E-state index in [4.69, 9.17) is 0 Å². The quantitative estimate of drug-likeness (QED) is 0.151. The van der Waals surface area contributed by atoms with Crippen LogP contribution < -0.4 is 9.80 Å². The van der Waals surface area contributed by atoms with Crippen molar-refractivity contribution >= 4 is 110 Å². The number of hydrogen-bond donors (Lipinski definition) is 0. The van der Waals surface area contributed by atoms with Crippen molar-refractivity contribution < 1.29 is 0 Å². The van der Waals surface area contributed by atoms with Crippen LogP contribution in [-0.2, 0) is 0 Å². The average molecular weight is 783 g/mol. The molecular weight excluding hydrogens is 749 g/mol. The molecule has 0 amide bonds. The maximum Gasteiger partial charge on any atom is 0.101 e. The monoisotopic (exact) mass is 782 g/mol. The summed E-state index contributed by atoms with van der Waals surface area (Å²) in [5.41, 5.74) is 4.71. The molecule has 57 heavy (non-hydrogen) atoms. The molecule has 0 aliphatic carbocycles. The molecule has 0 aliphatic heterocycles. The molecule has 270 valence electrons. The normalized spacial score (nSPS) is 11.5. The number of thiophene rings is 3. The summed E-state index contributed by atoms with van der Waals surface area (Å²) in [7, 11) is 0. The fourth-order valence-corrected chi connectivity index (χ4v) is 11.4. The Bertz CT molecular complexity index is 2850. The van der Waals surface area contributed by atoms with E-state index in [1.54, 1.807) is 0 Å². The minimum atomic E-state index is 1.18. The van der Waals surface area contributed by atoms with E-state index >= 15 is 0 Å². The molecule has 8 aromatic carbocycles. The second-order valence-corrected chi connectivity index (χ2v) is 17.3. The Hall–Kier alpha value is -6.50. The summed E-state index contributed by atoms with van der Waals surface area (Å²) in [5, 5.41) is 12.2. The SMILES string of the molecule is c1ccc2c(N(c3ccc(-c4ccc(-c5ccc(N(c6cccc7ccccc67)c6cccc7ccccc67)s5)s4)s3)c3cccc4ccccc34)cccc2c1. The molecule has 0 atom stereocenters. The van der Waals surface area contributed by atoms with Gasteiger partial charge >= 0.3 is 0 Å². The predicted molar refractivity (Wildman–Crippen MR) is 250 cm³/mol. The molecule has 5 heteroatoms. The lowest BCUT2D eigenvalue weighted by atomic mass is 10.0. The van der Waals surface area contributed by atoms with E-state index in [0.717, 1.165) is 0 Å². The van der Waals surface area contributed by atoms with Crippen molar-refractivity contribution in [2.75, 3.05) is 9.80 Å². The van der Waals surface area contributed by atoms with Crippen molar-refractivity contribution in [2.45, 2.75) is 0 Å². The first kappa shape index (κ1) is 33.8. The van der Waals surface area contributed by atoms with Crippen LogP contribution in [0.25, 0.3) is 62.6 Å². The Kier molecular flexibility index (Phi) is 8.43. The van der Waals surface area contributed by atoms with Gasteiger partial charge < -0.3 is 9.80 Å². The second kappa shape index (κ2) is 14.2. The highest BCUT2D eigenvalue weighted by molar-refractivity contribution is 7.28. The fourth-order valence-electron chi connectivity index (χ4n) is 8.11. The molecule has 0 unspecified atom stereocenters. The summed E-state index contributed by atoms with van der Waals surface area (Å²) in [6, 6.07) is 75.0. The van der Waals surface area contributed by atoms with E-state index in [1.807, 2.05) is 34.0 Å². The van der Waals surface area contributed by atoms with Gasteiger partial charge in [0.1, 0.15) is 10.0 Å². The van der Waals surface area contributed by atoms with E-state index in [2.05, 4.69) is 216 Å². The number of hydrogen-bond acceptors (Lipinski definition) is 5. The Labute approximate surface area is 343 Å². The summed E-state index contributed by atoms with van der Waals surface area (Å²) >= 11 is 5.56. The Balaban J connectivity index is 0.989. The maximum absolute atomic E-state index is 2.45. The molecule has 0 N–H and O–H groups in total. The van der Waals surface area contributed by atoms with Gasteiger partial charge in [-0.2, -0.15) is 0 Å². The van der Waals surface area contributed by atoms with Crippen LogP contribution in [-0.4, -0.2) is 0 Å². The van der Waals surface area contributed by atoms with Crippen molar-refractivity contribution in [1.29, 1.82) is 0 Å². The van der Waals surface area contributed by atoms with Crippen LogP contribution in [0.2, 0.25) is 0 Å². The van der Waals surface area contributed by atoms with Crippen molar-refractivity contribution in [3.05, 3.63) is 206 Å². The molecule has 0 aliphatic rings. The largest absolute Gasteiger partial charge is 0.301 e. The van der Waals surface area contributed by atoms with Crippen LogP contribution in [0, 0.1) is 0 Å². The van der Waals surface area contributed by atoms with Gasteiger partial charge in [0.05, 0.1) is 22.7 Å². The third-order valence-electron chi connectivity index (χ3n) is 10.7. The molecule has 0 saturated heterocycles. The first-order chi connectivity index (χ1) is 28.3. The highest BCUT2D eigenvalue weighted by Crippen LogP contribution is 2.50. The van der Waals surface area contributed by atoms with E-state index in [0.29, 0.717) is 0 Å². The molecule has 0 radical (unpaired) electrons. The highest BCUT2D eigenvalue weighted by atomic mass is 32.1. The van der Waals surface area contributed by atoms with Gasteiger partial charge in [0.25, 0.3) is 0 Å². The molecule has 0 spiro atoms. The van der Waals surface area contributed by atoms with Crippen LogP contribution in [0.1, 0.15) is 0 Å². The Morgan fingerprint density at radius 1 is 0.228 bits per heavy atom. The summed E-state index contributed by atoms with van der Waals surface area (Å²) in [6.45, 7) is 0. The van der Waals surface area contributed by atoms with Gasteiger partial charge in [0, 0.05) is 41.1 Å².